The zero-order valence-electron chi connectivity index (χ0n) is 12.2. The molecule has 1 amide bonds. The summed E-state index contributed by atoms with van der Waals surface area (Å²) < 4.78 is 4.92. The second kappa shape index (κ2) is 7.48. The Labute approximate surface area is 115 Å². The second-order valence-corrected chi connectivity index (χ2v) is 5.48. The number of esters is 1. The third kappa shape index (κ3) is 4.82. The van der Waals surface area contributed by atoms with Gasteiger partial charge in [-0.1, -0.05) is 0 Å². The minimum Gasteiger partial charge on any atom is -0.465 e. The van der Waals surface area contributed by atoms with Gasteiger partial charge in [0.25, 0.3) is 0 Å². The molecule has 0 aliphatic heterocycles. The first-order valence-corrected chi connectivity index (χ1v) is 7.17. The number of hydrogen-bond donors (Lipinski definition) is 1. The number of rotatable bonds is 5. The summed E-state index contributed by atoms with van der Waals surface area (Å²) in [6.45, 7) is 6.00. The predicted octanol–water partition coefficient (Wildman–Crippen LogP) is 1.30. The minimum absolute atomic E-state index is 0.00695. The van der Waals surface area contributed by atoms with E-state index < -0.39 is 0 Å². The second-order valence-electron chi connectivity index (χ2n) is 5.48. The van der Waals surface area contributed by atoms with Crippen LogP contribution < -0.4 is 5.73 Å². The first kappa shape index (κ1) is 16.0. The Morgan fingerprint density at radius 1 is 1.26 bits per heavy atom. The van der Waals surface area contributed by atoms with Crippen molar-refractivity contribution in [3.8, 4) is 0 Å². The van der Waals surface area contributed by atoms with Gasteiger partial charge in [0.1, 0.15) is 6.54 Å². The van der Waals surface area contributed by atoms with Crippen LogP contribution in [0.3, 0.4) is 0 Å². The van der Waals surface area contributed by atoms with Crippen molar-refractivity contribution in [3.63, 3.8) is 0 Å². The zero-order chi connectivity index (χ0) is 14.4. The largest absolute Gasteiger partial charge is 0.465 e. The standard InChI is InChI=1S/C14H26N2O3/c1-4-19-13(17)9-16(10(2)3)14(18)11-5-7-12(15)8-6-11/h10-12H,4-9,15H2,1-3H3. The molecule has 5 nitrogen and oxygen atoms in total. The molecule has 0 bridgehead atoms. The average Bonchev–Trinajstić information content (AvgIpc) is 2.36. The Hall–Kier alpha value is -1.10. The van der Waals surface area contributed by atoms with Crippen LogP contribution in [0.4, 0.5) is 0 Å². The third-order valence-corrected chi connectivity index (χ3v) is 3.63. The zero-order valence-corrected chi connectivity index (χ0v) is 12.2. The lowest BCUT2D eigenvalue weighted by atomic mass is 9.85. The molecule has 2 N–H and O–H groups in total. The Morgan fingerprint density at radius 3 is 2.32 bits per heavy atom. The van der Waals surface area contributed by atoms with E-state index in [0.717, 1.165) is 25.7 Å². The highest BCUT2D eigenvalue weighted by Gasteiger charge is 2.30. The summed E-state index contributed by atoms with van der Waals surface area (Å²) in [6.07, 6.45) is 3.43. The van der Waals surface area contributed by atoms with Crippen molar-refractivity contribution < 1.29 is 14.3 Å². The van der Waals surface area contributed by atoms with E-state index in [0.29, 0.717) is 6.61 Å². The number of nitrogens with zero attached hydrogens (tertiary/aromatic N) is 1. The van der Waals surface area contributed by atoms with E-state index in [1.807, 2.05) is 13.8 Å². The van der Waals surface area contributed by atoms with Crippen LogP contribution in [0.5, 0.6) is 0 Å². The Balaban J connectivity index is 2.60. The van der Waals surface area contributed by atoms with Crippen LogP contribution in [0, 0.1) is 5.92 Å². The lowest BCUT2D eigenvalue weighted by Crippen LogP contribution is -2.45. The first-order valence-electron chi connectivity index (χ1n) is 7.17. The van der Waals surface area contributed by atoms with Gasteiger partial charge in [0.05, 0.1) is 6.61 Å². The maximum Gasteiger partial charge on any atom is 0.325 e. The number of amides is 1. The highest BCUT2D eigenvalue weighted by atomic mass is 16.5. The Morgan fingerprint density at radius 2 is 1.84 bits per heavy atom. The van der Waals surface area contributed by atoms with Gasteiger partial charge in [-0.25, -0.2) is 0 Å². The van der Waals surface area contributed by atoms with Crippen LogP contribution in [-0.4, -0.2) is 42.0 Å². The van der Waals surface area contributed by atoms with Crippen molar-refractivity contribution in [2.45, 2.75) is 58.5 Å². The van der Waals surface area contributed by atoms with Crippen LogP contribution in [0.2, 0.25) is 0 Å². The normalized spacial score (nSPS) is 23.2. The Bertz CT molecular complexity index is 310. The molecule has 0 aromatic rings. The molecule has 0 spiro atoms. The van der Waals surface area contributed by atoms with E-state index in [1.54, 1.807) is 11.8 Å². The lowest BCUT2D eigenvalue weighted by Gasteiger charge is -2.32. The number of ether oxygens (including phenoxy) is 1. The fourth-order valence-electron chi connectivity index (χ4n) is 2.46. The van der Waals surface area contributed by atoms with Crippen molar-refractivity contribution >= 4 is 11.9 Å². The highest BCUT2D eigenvalue weighted by Crippen LogP contribution is 2.25. The van der Waals surface area contributed by atoms with Crippen molar-refractivity contribution in [2.24, 2.45) is 11.7 Å². The maximum absolute atomic E-state index is 12.5. The maximum atomic E-state index is 12.5. The molecule has 0 aromatic heterocycles. The topological polar surface area (TPSA) is 72.6 Å². The van der Waals surface area contributed by atoms with Gasteiger partial charge >= 0.3 is 5.97 Å². The van der Waals surface area contributed by atoms with E-state index in [9.17, 15) is 9.59 Å². The van der Waals surface area contributed by atoms with E-state index in [1.165, 1.54) is 0 Å². The van der Waals surface area contributed by atoms with Crippen LogP contribution >= 0.6 is 0 Å². The molecule has 0 aromatic carbocycles. The molecule has 19 heavy (non-hydrogen) atoms. The van der Waals surface area contributed by atoms with Crippen molar-refractivity contribution in [1.29, 1.82) is 0 Å². The summed E-state index contributed by atoms with van der Waals surface area (Å²) in [5, 5.41) is 0. The fraction of sp³-hybridized carbons (Fsp3) is 0.857. The number of carbonyl (C=O) groups is 2. The van der Waals surface area contributed by atoms with Crippen molar-refractivity contribution in [2.75, 3.05) is 13.2 Å². The predicted molar refractivity (Wildman–Crippen MR) is 73.4 cm³/mol. The molecule has 110 valence electrons. The van der Waals surface area contributed by atoms with Gasteiger partial charge in [-0.2, -0.15) is 0 Å². The van der Waals surface area contributed by atoms with Gasteiger partial charge in [-0.15, -0.1) is 0 Å². The summed E-state index contributed by atoms with van der Waals surface area (Å²) in [5.74, 6) is -0.261. The van der Waals surface area contributed by atoms with E-state index in [4.69, 9.17) is 10.5 Å². The van der Waals surface area contributed by atoms with Crippen molar-refractivity contribution in [3.05, 3.63) is 0 Å². The van der Waals surface area contributed by atoms with Crippen LogP contribution in [-0.2, 0) is 14.3 Å². The van der Waals surface area contributed by atoms with E-state index in [2.05, 4.69) is 0 Å². The van der Waals surface area contributed by atoms with Crippen LogP contribution in [0.15, 0.2) is 0 Å². The first-order chi connectivity index (χ1) is 8.95. The van der Waals surface area contributed by atoms with Gasteiger partial charge in [-0.3, -0.25) is 9.59 Å². The summed E-state index contributed by atoms with van der Waals surface area (Å²) in [5.41, 5.74) is 5.85. The molecular weight excluding hydrogens is 244 g/mol. The van der Waals surface area contributed by atoms with Crippen LogP contribution in [0.25, 0.3) is 0 Å². The molecule has 5 heteroatoms. The molecular formula is C14H26N2O3. The molecule has 1 saturated carbocycles. The number of hydrogen-bond acceptors (Lipinski definition) is 4. The van der Waals surface area contributed by atoms with Crippen LogP contribution in [0.1, 0.15) is 46.5 Å². The lowest BCUT2D eigenvalue weighted by molar-refractivity contribution is -0.152. The van der Waals surface area contributed by atoms with E-state index >= 15 is 0 Å². The fourth-order valence-corrected chi connectivity index (χ4v) is 2.46. The SMILES string of the molecule is CCOC(=O)CN(C(=O)C1CCC(N)CC1)C(C)C. The Kier molecular flexibility index (Phi) is 6.28. The van der Waals surface area contributed by atoms with Gasteiger partial charge in [0.2, 0.25) is 5.91 Å². The molecule has 1 aliphatic carbocycles. The molecule has 0 heterocycles. The number of nitrogens with two attached hydrogens (primary N) is 1. The smallest absolute Gasteiger partial charge is 0.325 e. The minimum atomic E-state index is -0.336. The molecule has 1 aliphatic rings. The quantitative estimate of drug-likeness (QED) is 0.764. The third-order valence-electron chi connectivity index (χ3n) is 3.63. The molecule has 1 rings (SSSR count). The molecule has 1 fully saturated rings. The molecule has 0 radical (unpaired) electrons. The number of carbonyl (C=O) groups excluding carboxylic acids is 2. The summed E-state index contributed by atoms with van der Waals surface area (Å²) in [7, 11) is 0. The van der Waals surface area contributed by atoms with Crippen molar-refractivity contribution in [1.82, 2.24) is 4.90 Å². The summed E-state index contributed by atoms with van der Waals surface area (Å²) in [4.78, 5) is 25.6. The molecule has 0 saturated heterocycles. The highest BCUT2D eigenvalue weighted by molar-refractivity contribution is 5.84. The van der Waals surface area contributed by atoms with Gasteiger partial charge in [-0.05, 0) is 46.5 Å². The average molecular weight is 270 g/mol. The molecule has 0 atom stereocenters. The van der Waals surface area contributed by atoms with Gasteiger partial charge in [0.15, 0.2) is 0 Å². The van der Waals surface area contributed by atoms with E-state index in [-0.39, 0.29) is 36.4 Å². The summed E-state index contributed by atoms with van der Waals surface area (Å²) >= 11 is 0. The summed E-state index contributed by atoms with van der Waals surface area (Å²) in [6, 6.07) is 0.231. The van der Waals surface area contributed by atoms with Gasteiger partial charge in [0, 0.05) is 18.0 Å². The monoisotopic (exact) mass is 270 g/mol. The molecule has 0 unspecified atom stereocenters. The van der Waals surface area contributed by atoms with Gasteiger partial charge < -0.3 is 15.4 Å².